The van der Waals surface area contributed by atoms with E-state index in [1.165, 1.54) is 6.92 Å². The topological polar surface area (TPSA) is 100 Å². The molecule has 2 atom stereocenters. The van der Waals surface area contributed by atoms with Gasteiger partial charge >= 0.3 is 5.97 Å². The molecule has 1 heterocycles. The van der Waals surface area contributed by atoms with Crippen molar-refractivity contribution < 1.29 is 19.1 Å². The summed E-state index contributed by atoms with van der Waals surface area (Å²) in [6.45, 7) is 3.54. The van der Waals surface area contributed by atoms with Crippen molar-refractivity contribution in [2.24, 2.45) is 0 Å². The first-order valence-corrected chi connectivity index (χ1v) is 12.4. The third kappa shape index (κ3) is 6.37. The molecule has 3 N–H and O–H groups in total. The van der Waals surface area contributed by atoms with Gasteiger partial charge in [0.2, 0.25) is 0 Å². The molecule has 37 heavy (non-hydrogen) atoms. The van der Waals surface area contributed by atoms with Crippen LogP contribution in [0.5, 0.6) is 0 Å². The van der Waals surface area contributed by atoms with E-state index in [1.54, 1.807) is 42.6 Å². The molecule has 0 unspecified atom stereocenters. The fraction of sp³-hybridized carbons (Fsp3) is 0.207. The number of aryl methyl sites for hydroxylation is 1. The number of esters is 1. The Balaban J connectivity index is 1.50. The van der Waals surface area contributed by atoms with Gasteiger partial charge in [-0.3, -0.25) is 9.59 Å². The molecule has 0 aliphatic carbocycles. The molecule has 4 rings (SSSR count). The van der Waals surface area contributed by atoms with E-state index < -0.39 is 29.9 Å². The molecule has 190 valence electrons. The number of H-pyrrole nitrogens is 1. The van der Waals surface area contributed by atoms with Crippen LogP contribution in [0.1, 0.15) is 35.3 Å². The number of fused-ring (bicyclic) bond motifs is 1. The molecule has 0 bridgehead atoms. The third-order valence-electron chi connectivity index (χ3n) is 6.10. The fourth-order valence-corrected chi connectivity index (χ4v) is 4.19. The number of benzene rings is 3. The molecule has 0 radical (unpaired) electrons. The molecule has 2 amide bonds. The van der Waals surface area contributed by atoms with Gasteiger partial charge in [-0.15, -0.1) is 0 Å². The van der Waals surface area contributed by atoms with Crippen molar-refractivity contribution in [1.82, 2.24) is 10.3 Å². The minimum absolute atomic E-state index is 0.159. The zero-order chi connectivity index (χ0) is 26.4. The zero-order valence-corrected chi connectivity index (χ0v) is 21.3. The molecule has 3 aromatic carbocycles. The molecule has 0 spiro atoms. The number of rotatable bonds is 9. The molecule has 1 aromatic heterocycles. The second-order valence-corrected chi connectivity index (χ2v) is 9.10. The Hall–Kier alpha value is -4.10. The number of para-hydroxylation sites is 1. The number of carbonyl (C=O) groups excluding carboxylic acids is 3. The number of hydrogen-bond acceptors (Lipinski definition) is 4. The zero-order valence-electron chi connectivity index (χ0n) is 20.6. The highest BCUT2D eigenvalue weighted by atomic mass is 35.5. The van der Waals surface area contributed by atoms with Crippen molar-refractivity contribution in [1.29, 1.82) is 0 Å². The monoisotopic (exact) mass is 517 g/mol. The van der Waals surface area contributed by atoms with Crippen molar-refractivity contribution >= 4 is 46.0 Å². The summed E-state index contributed by atoms with van der Waals surface area (Å²) in [6, 6.07) is 20.6. The first kappa shape index (κ1) is 26.0. The standard InChI is InChI=1S/C29H28ClN3O4/c1-3-19-12-14-21(15-13-19)32-27(34)18(2)37-29(36)26(33-28(35)23-9-4-6-10-24(23)30)16-20-17-31-25-11-7-5-8-22(20)25/h4-15,17-18,26,31H,3,16H2,1-2H3,(H,32,34)(H,33,35)/t18-,26+/m1/s1. The lowest BCUT2D eigenvalue weighted by atomic mass is 10.0. The number of aromatic nitrogens is 1. The highest BCUT2D eigenvalue weighted by Gasteiger charge is 2.28. The predicted molar refractivity (Wildman–Crippen MR) is 145 cm³/mol. The van der Waals surface area contributed by atoms with E-state index in [9.17, 15) is 14.4 Å². The molecule has 0 saturated heterocycles. The minimum Gasteiger partial charge on any atom is -0.451 e. The normalized spacial score (nSPS) is 12.5. The second kappa shape index (κ2) is 11.8. The van der Waals surface area contributed by atoms with Crippen LogP contribution in [-0.2, 0) is 27.2 Å². The molecule has 0 saturated carbocycles. The Labute approximate surface area is 220 Å². The first-order valence-electron chi connectivity index (χ1n) is 12.1. The van der Waals surface area contributed by atoms with Crippen LogP contribution in [0, 0.1) is 0 Å². The van der Waals surface area contributed by atoms with Gasteiger partial charge in [-0.05, 0) is 54.8 Å². The summed E-state index contributed by atoms with van der Waals surface area (Å²) in [5.74, 6) is -1.71. The number of aromatic amines is 1. The van der Waals surface area contributed by atoms with Gasteiger partial charge in [-0.2, -0.15) is 0 Å². The van der Waals surface area contributed by atoms with Crippen molar-refractivity contribution in [3.63, 3.8) is 0 Å². The summed E-state index contributed by atoms with van der Waals surface area (Å²) in [4.78, 5) is 42.1. The molecule has 7 nitrogen and oxygen atoms in total. The van der Waals surface area contributed by atoms with Gasteiger partial charge in [0.1, 0.15) is 6.04 Å². The molecular formula is C29H28ClN3O4. The van der Waals surface area contributed by atoms with Crippen LogP contribution < -0.4 is 10.6 Å². The summed E-state index contributed by atoms with van der Waals surface area (Å²) in [7, 11) is 0. The smallest absolute Gasteiger partial charge is 0.329 e. The molecule has 0 fully saturated rings. The number of nitrogens with one attached hydrogen (secondary N) is 3. The number of ether oxygens (including phenoxy) is 1. The van der Waals surface area contributed by atoms with Gasteiger partial charge < -0.3 is 20.4 Å². The van der Waals surface area contributed by atoms with Crippen LogP contribution in [0.25, 0.3) is 10.9 Å². The molecular weight excluding hydrogens is 490 g/mol. The second-order valence-electron chi connectivity index (χ2n) is 8.69. The summed E-state index contributed by atoms with van der Waals surface area (Å²) in [5, 5.41) is 6.68. The van der Waals surface area contributed by atoms with Gasteiger partial charge in [0.15, 0.2) is 6.10 Å². The van der Waals surface area contributed by atoms with Crippen LogP contribution in [0.4, 0.5) is 5.69 Å². The summed E-state index contributed by atoms with van der Waals surface area (Å²) >= 11 is 6.19. The molecule has 4 aromatic rings. The molecule has 0 aliphatic rings. The number of hydrogen-bond donors (Lipinski definition) is 3. The number of carbonyl (C=O) groups is 3. The maximum absolute atomic E-state index is 13.2. The van der Waals surface area contributed by atoms with Gasteiger partial charge in [-0.25, -0.2) is 4.79 Å². The number of anilines is 1. The SMILES string of the molecule is CCc1ccc(NC(=O)[C@@H](C)OC(=O)[C@H](Cc2c[nH]c3ccccc23)NC(=O)c2ccccc2Cl)cc1. The van der Waals surface area contributed by atoms with Crippen LogP contribution >= 0.6 is 11.6 Å². The Morgan fingerprint density at radius 1 is 0.973 bits per heavy atom. The highest BCUT2D eigenvalue weighted by Crippen LogP contribution is 2.21. The van der Waals surface area contributed by atoms with E-state index in [0.717, 1.165) is 28.5 Å². The first-order chi connectivity index (χ1) is 17.9. The number of amides is 2. The van der Waals surface area contributed by atoms with Crippen molar-refractivity contribution in [2.75, 3.05) is 5.32 Å². The Morgan fingerprint density at radius 3 is 2.41 bits per heavy atom. The van der Waals surface area contributed by atoms with E-state index in [4.69, 9.17) is 16.3 Å². The third-order valence-corrected chi connectivity index (χ3v) is 6.43. The summed E-state index contributed by atoms with van der Waals surface area (Å²) < 4.78 is 5.51. The highest BCUT2D eigenvalue weighted by molar-refractivity contribution is 6.33. The average Bonchev–Trinajstić information content (AvgIpc) is 3.31. The predicted octanol–water partition coefficient (Wildman–Crippen LogP) is 5.30. The summed E-state index contributed by atoms with van der Waals surface area (Å²) in [6.07, 6.45) is 1.76. The van der Waals surface area contributed by atoms with Crippen LogP contribution in [-0.4, -0.2) is 34.9 Å². The lowest BCUT2D eigenvalue weighted by Gasteiger charge is -2.21. The summed E-state index contributed by atoms with van der Waals surface area (Å²) in [5.41, 5.74) is 3.72. The Kier molecular flexibility index (Phi) is 8.25. The lowest BCUT2D eigenvalue weighted by molar-refractivity contribution is -0.155. The van der Waals surface area contributed by atoms with Crippen LogP contribution in [0.2, 0.25) is 5.02 Å². The lowest BCUT2D eigenvalue weighted by Crippen LogP contribution is -2.45. The molecule has 8 heteroatoms. The quantitative estimate of drug-likeness (QED) is 0.262. The largest absolute Gasteiger partial charge is 0.451 e. The van der Waals surface area contributed by atoms with Crippen LogP contribution in [0.15, 0.2) is 79.0 Å². The van der Waals surface area contributed by atoms with Crippen molar-refractivity contribution in [3.05, 3.63) is 101 Å². The maximum atomic E-state index is 13.2. The maximum Gasteiger partial charge on any atom is 0.329 e. The van der Waals surface area contributed by atoms with E-state index >= 15 is 0 Å². The number of halogens is 1. The minimum atomic E-state index is -1.08. The van der Waals surface area contributed by atoms with E-state index in [0.29, 0.717) is 5.69 Å². The van der Waals surface area contributed by atoms with E-state index in [1.807, 2.05) is 43.3 Å². The van der Waals surface area contributed by atoms with E-state index in [-0.39, 0.29) is 17.0 Å². The Morgan fingerprint density at radius 2 is 1.68 bits per heavy atom. The van der Waals surface area contributed by atoms with E-state index in [2.05, 4.69) is 15.6 Å². The van der Waals surface area contributed by atoms with Gasteiger partial charge in [0.05, 0.1) is 10.6 Å². The molecule has 0 aliphatic heterocycles. The van der Waals surface area contributed by atoms with Gasteiger partial charge in [-0.1, -0.05) is 61.0 Å². The van der Waals surface area contributed by atoms with Gasteiger partial charge in [0, 0.05) is 29.2 Å². The fourth-order valence-electron chi connectivity index (χ4n) is 3.97. The van der Waals surface area contributed by atoms with Crippen molar-refractivity contribution in [3.8, 4) is 0 Å². The average molecular weight is 518 g/mol. The van der Waals surface area contributed by atoms with Gasteiger partial charge in [0.25, 0.3) is 11.8 Å². The van der Waals surface area contributed by atoms with Crippen LogP contribution in [0.3, 0.4) is 0 Å². The Bertz CT molecular complexity index is 1410. The van der Waals surface area contributed by atoms with Crippen molar-refractivity contribution in [2.45, 2.75) is 38.8 Å².